The van der Waals surface area contributed by atoms with E-state index in [9.17, 15) is 4.39 Å². The van der Waals surface area contributed by atoms with Gasteiger partial charge in [-0.1, -0.05) is 0 Å². The van der Waals surface area contributed by atoms with Crippen LogP contribution in [0.2, 0.25) is 0 Å². The van der Waals surface area contributed by atoms with Gasteiger partial charge in [-0.15, -0.1) is 0 Å². The van der Waals surface area contributed by atoms with Crippen LogP contribution in [0.15, 0.2) is 54.7 Å². The molecule has 0 saturated carbocycles. The first-order chi connectivity index (χ1) is 10.2. The number of nitrogens with two attached hydrogens (primary N) is 1. The highest BCUT2D eigenvalue weighted by Crippen LogP contribution is 2.34. The summed E-state index contributed by atoms with van der Waals surface area (Å²) in [5.74, 6) is -0.245. The van der Waals surface area contributed by atoms with Gasteiger partial charge in [0.1, 0.15) is 5.82 Å². The van der Waals surface area contributed by atoms with Crippen molar-refractivity contribution in [3.8, 4) is 0 Å². The van der Waals surface area contributed by atoms with Gasteiger partial charge in [0.15, 0.2) is 0 Å². The molecule has 0 saturated heterocycles. The number of nitrogens with zero attached hydrogens (tertiary/aromatic N) is 2. The van der Waals surface area contributed by atoms with Crippen LogP contribution in [0.4, 0.5) is 21.5 Å². The molecule has 3 rings (SSSR count). The molecule has 2 aromatic carbocycles. The van der Waals surface area contributed by atoms with Gasteiger partial charge in [-0.25, -0.2) is 4.39 Å². The largest absolute Gasteiger partial charge is 0.396 e. The fraction of sp³-hybridized carbons (Fsp3) is 0.118. The maximum Gasteiger partial charge on any atom is 0.123 e. The molecule has 0 unspecified atom stereocenters. The Labute approximate surface area is 122 Å². The maximum atomic E-state index is 13.1. The zero-order valence-electron chi connectivity index (χ0n) is 11.8. The van der Waals surface area contributed by atoms with Gasteiger partial charge in [-0.2, -0.15) is 0 Å². The molecule has 0 aliphatic carbocycles. The zero-order chi connectivity index (χ0) is 14.8. The number of hydrogen-bond acceptors (Lipinski definition) is 3. The van der Waals surface area contributed by atoms with Crippen LogP contribution in [-0.4, -0.2) is 11.5 Å². The van der Waals surface area contributed by atoms with E-state index >= 15 is 0 Å². The van der Waals surface area contributed by atoms with Crippen LogP contribution >= 0.6 is 0 Å². The van der Waals surface area contributed by atoms with Gasteiger partial charge in [-0.3, -0.25) is 4.98 Å². The van der Waals surface area contributed by atoms with Crippen LogP contribution in [0.5, 0.6) is 0 Å². The molecule has 3 aromatic rings. The van der Waals surface area contributed by atoms with E-state index in [2.05, 4.69) is 9.88 Å². The summed E-state index contributed by atoms with van der Waals surface area (Å²) in [5.41, 5.74) is 9.68. The normalized spacial score (nSPS) is 10.8. The second-order valence-corrected chi connectivity index (χ2v) is 4.79. The Morgan fingerprint density at radius 3 is 2.57 bits per heavy atom. The second kappa shape index (κ2) is 5.40. The van der Waals surface area contributed by atoms with Gasteiger partial charge in [0, 0.05) is 23.8 Å². The number of pyridine rings is 1. The monoisotopic (exact) mass is 281 g/mol. The number of nitrogen functional groups attached to an aromatic ring is 1. The summed E-state index contributed by atoms with van der Waals surface area (Å²) < 4.78 is 13.1. The lowest BCUT2D eigenvalue weighted by molar-refractivity contribution is 0.628. The molecule has 0 fully saturated rings. The predicted molar refractivity (Wildman–Crippen MR) is 85.2 cm³/mol. The Balaban J connectivity index is 2.12. The van der Waals surface area contributed by atoms with E-state index in [1.807, 2.05) is 31.2 Å². The summed E-state index contributed by atoms with van der Waals surface area (Å²) in [6, 6.07) is 14.2. The average molecular weight is 281 g/mol. The van der Waals surface area contributed by atoms with Crippen LogP contribution in [-0.2, 0) is 0 Å². The van der Waals surface area contributed by atoms with E-state index < -0.39 is 0 Å². The minimum absolute atomic E-state index is 0.245. The Morgan fingerprint density at radius 1 is 1.10 bits per heavy atom. The topological polar surface area (TPSA) is 42.2 Å². The van der Waals surface area contributed by atoms with Gasteiger partial charge in [0.05, 0.1) is 16.9 Å². The molecule has 1 aromatic heterocycles. The van der Waals surface area contributed by atoms with Crippen LogP contribution < -0.4 is 10.6 Å². The minimum atomic E-state index is -0.245. The number of aromatic nitrogens is 1. The zero-order valence-corrected chi connectivity index (χ0v) is 11.8. The van der Waals surface area contributed by atoms with E-state index in [4.69, 9.17) is 5.73 Å². The molecule has 0 bridgehead atoms. The molecule has 0 aliphatic heterocycles. The van der Waals surface area contributed by atoms with Crippen molar-refractivity contribution in [2.45, 2.75) is 6.92 Å². The molecule has 4 heteroatoms. The van der Waals surface area contributed by atoms with Gasteiger partial charge in [-0.05, 0) is 55.5 Å². The molecular formula is C17H16FN3. The van der Waals surface area contributed by atoms with Crippen LogP contribution in [0.1, 0.15) is 6.92 Å². The first-order valence-corrected chi connectivity index (χ1v) is 6.87. The molecular weight excluding hydrogens is 265 g/mol. The summed E-state index contributed by atoms with van der Waals surface area (Å²) in [5, 5.41) is 0.926. The standard InChI is InChI=1S/C17H16FN3/c1-2-21(13-7-5-12(18)6-8-13)16-10-9-15-14(17(16)19)4-3-11-20-15/h3-11H,2,19H2,1H3. The van der Waals surface area contributed by atoms with E-state index in [-0.39, 0.29) is 5.82 Å². The Kier molecular flexibility index (Phi) is 3.44. The number of halogens is 1. The molecule has 1 heterocycles. The molecule has 21 heavy (non-hydrogen) atoms. The van der Waals surface area contributed by atoms with Crippen molar-refractivity contribution in [3.63, 3.8) is 0 Å². The van der Waals surface area contributed by atoms with Crippen LogP contribution in [0.3, 0.4) is 0 Å². The summed E-state index contributed by atoms with van der Waals surface area (Å²) >= 11 is 0. The van der Waals surface area contributed by atoms with Gasteiger partial charge >= 0.3 is 0 Å². The van der Waals surface area contributed by atoms with E-state index in [0.717, 1.165) is 28.8 Å². The van der Waals surface area contributed by atoms with Crippen molar-refractivity contribution in [3.05, 3.63) is 60.5 Å². The molecule has 106 valence electrons. The van der Waals surface area contributed by atoms with Gasteiger partial charge in [0.25, 0.3) is 0 Å². The molecule has 0 radical (unpaired) electrons. The lowest BCUT2D eigenvalue weighted by Crippen LogP contribution is -2.17. The summed E-state index contributed by atoms with van der Waals surface area (Å²) in [6.45, 7) is 2.78. The van der Waals surface area contributed by atoms with Gasteiger partial charge < -0.3 is 10.6 Å². The quantitative estimate of drug-likeness (QED) is 0.734. The SMILES string of the molecule is CCN(c1ccc(F)cc1)c1ccc2ncccc2c1N. The number of anilines is 3. The van der Waals surface area contributed by atoms with Crippen molar-refractivity contribution < 1.29 is 4.39 Å². The Hall–Kier alpha value is -2.62. The summed E-state index contributed by atoms with van der Waals surface area (Å²) in [7, 11) is 0. The number of hydrogen-bond donors (Lipinski definition) is 1. The van der Waals surface area contributed by atoms with Crippen molar-refractivity contribution in [2.75, 3.05) is 17.2 Å². The third-order valence-electron chi connectivity index (χ3n) is 3.55. The van der Waals surface area contributed by atoms with E-state index in [1.54, 1.807) is 18.3 Å². The van der Waals surface area contributed by atoms with Crippen molar-refractivity contribution in [1.29, 1.82) is 0 Å². The molecule has 2 N–H and O–H groups in total. The Bertz CT molecular complexity index is 769. The third kappa shape index (κ3) is 2.40. The summed E-state index contributed by atoms with van der Waals surface area (Å²) in [6.07, 6.45) is 1.75. The Morgan fingerprint density at radius 2 is 1.86 bits per heavy atom. The smallest absolute Gasteiger partial charge is 0.123 e. The minimum Gasteiger partial charge on any atom is -0.396 e. The number of benzene rings is 2. The number of rotatable bonds is 3. The first kappa shape index (κ1) is 13.4. The van der Waals surface area contributed by atoms with Crippen molar-refractivity contribution in [2.24, 2.45) is 0 Å². The maximum absolute atomic E-state index is 13.1. The van der Waals surface area contributed by atoms with Crippen molar-refractivity contribution >= 4 is 28.0 Å². The first-order valence-electron chi connectivity index (χ1n) is 6.87. The predicted octanol–water partition coefficient (Wildman–Crippen LogP) is 4.11. The van der Waals surface area contributed by atoms with Gasteiger partial charge in [0.2, 0.25) is 0 Å². The number of fused-ring (bicyclic) bond motifs is 1. The highest BCUT2D eigenvalue weighted by Gasteiger charge is 2.13. The summed E-state index contributed by atoms with van der Waals surface area (Å²) in [4.78, 5) is 6.36. The fourth-order valence-electron chi connectivity index (χ4n) is 2.51. The highest BCUT2D eigenvalue weighted by molar-refractivity contribution is 5.98. The molecule has 0 amide bonds. The lowest BCUT2D eigenvalue weighted by Gasteiger charge is -2.25. The highest BCUT2D eigenvalue weighted by atomic mass is 19.1. The van der Waals surface area contributed by atoms with Crippen molar-refractivity contribution in [1.82, 2.24) is 4.98 Å². The van der Waals surface area contributed by atoms with Crippen LogP contribution in [0.25, 0.3) is 10.9 Å². The fourth-order valence-corrected chi connectivity index (χ4v) is 2.51. The third-order valence-corrected chi connectivity index (χ3v) is 3.55. The van der Waals surface area contributed by atoms with Crippen LogP contribution in [0, 0.1) is 5.82 Å². The van der Waals surface area contributed by atoms with E-state index in [1.165, 1.54) is 12.1 Å². The van der Waals surface area contributed by atoms with E-state index in [0.29, 0.717) is 5.69 Å². The average Bonchev–Trinajstić information content (AvgIpc) is 2.52. The molecule has 0 aliphatic rings. The molecule has 0 spiro atoms. The molecule has 3 nitrogen and oxygen atoms in total. The second-order valence-electron chi connectivity index (χ2n) is 4.79. The molecule has 0 atom stereocenters. The lowest BCUT2D eigenvalue weighted by atomic mass is 10.1.